The Labute approximate surface area is 250 Å². The predicted molar refractivity (Wildman–Crippen MR) is 140 cm³/mol. The number of benzene rings is 4. The minimum atomic E-state index is -4.64. The molecular weight excluding hydrogens is 564 g/mol. The van der Waals surface area contributed by atoms with Gasteiger partial charge in [-0.3, -0.25) is 9.35 Å². The zero-order valence-electron chi connectivity index (χ0n) is 20.3. The molecule has 0 saturated carbocycles. The number of ether oxygens (including phenoxy) is 1. The molecule has 38 heavy (non-hydrogen) atoms. The maximum Gasteiger partial charge on any atom is 1.00 e. The second-order valence-electron chi connectivity index (χ2n) is 7.82. The minimum Gasteiger partial charge on any atom is -0.870 e. The number of fused-ring (bicyclic) bond motifs is 1. The van der Waals surface area contributed by atoms with Gasteiger partial charge < -0.3 is 15.2 Å². The molecule has 0 aliphatic carbocycles. The molecule has 4 aromatic rings. The Balaban J connectivity index is 0.00000400. The summed E-state index contributed by atoms with van der Waals surface area (Å²) in [6.45, 7) is 1.45. The van der Waals surface area contributed by atoms with Gasteiger partial charge in [0.1, 0.15) is 10.6 Å². The van der Waals surface area contributed by atoms with E-state index in [0.717, 1.165) is 0 Å². The standard InChI is InChI=1S/C25H19Cl2N3O6S.Na/c1-13-10-11-18(20(27)24(13)37(33,34)35)29-30-21-15-7-4-3-6-14(15)12-16(22(21)31)25(32)28-19-9-5-8-17(26)23(19)36-2;/h3-12,31H,1-2H3,(H,28,32)(H,33,34,35);/q;+1/p-1. The van der Waals surface area contributed by atoms with E-state index in [1.165, 1.54) is 32.2 Å². The van der Waals surface area contributed by atoms with Crippen LogP contribution >= 0.6 is 23.2 Å². The van der Waals surface area contributed by atoms with Gasteiger partial charge in [-0.05, 0) is 42.1 Å². The Morgan fingerprint density at radius 2 is 1.76 bits per heavy atom. The summed E-state index contributed by atoms with van der Waals surface area (Å²) in [5.41, 5.74) is -0.00649. The van der Waals surface area contributed by atoms with Crippen LogP contribution in [0.15, 0.2) is 75.8 Å². The van der Waals surface area contributed by atoms with E-state index in [-0.39, 0.29) is 73.5 Å². The van der Waals surface area contributed by atoms with Crippen LogP contribution in [-0.2, 0) is 10.1 Å². The van der Waals surface area contributed by atoms with Crippen LogP contribution in [0, 0.1) is 6.92 Å². The van der Waals surface area contributed by atoms with Crippen molar-refractivity contribution in [3.8, 4) is 11.5 Å². The molecule has 0 heterocycles. The molecular formula is C25H18Cl2N3NaO6S. The summed E-state index contributed by atoms with van der Waals surface area (Å²) in [4.78, 5) is 12.6. The number of halogens is 2. The number of azo groups is 1. The molecule has 4 rings (SSSR count). The largest absolute Gasteiger partial charge is 1.00 e. The molecule has 4 aromatic carbocycles. The number of hydrogen-bond donors (Lipinski definition) is 2. The Bertz CT molecular complexity index is 1700. The molecule has 0 unspecified atom stereocenters. The van der Waals surface area contributed by atoms with Crippen LogP contribution in [0.25, 0.3) is 10.8 Å². The van der Waals surface area contributed by atoms with Gasteiger partial charge in [-0.25, -0.2) is 0 Å². The molecule has 0 spiro atoms. The Hall–Kier alpha value is -2.70. The van der Waals surface area contributed by atoms with Gasteiger partial charge in [-0.2, -0.15) is 13.5 Å². The van der Waals surface area contributed by atoms with E-state index >= 15 is 0 Å². The molecule has 0 bridgehead atoms. The Morgan fingerprint density at radius 3 is 2.45 bits per heavy atom. The van der Waals surface area contributed by atoms with Crippen molar-refractivity contribution in [3.05, 3.63) is 81.8 Å². The number of nitrogens with one attached hydrogen (secondary N) is 1. The van der Waals surface area contributed by atoms with Crippen molar-refractivity contribution < 1.29 is 57.2 Å². The quantitative estimate of drug-likeness (QED) is 0.203. The second kappa shape index (κ2) is 12.0. The first-order valence-electron chi connectivity index (χ1n) is 10.6. The van der Waals surface area contributed by atoms with E-state index in [0.29, 0.717) is 10.8 Å². The van der Waals surface area contributed by atoms with E-state index in [9.17, 15) is 22.9 Å². The first-order chi connectivity index (χ1) is 17.5. The number of nitrogens with zero attached hydrogens (tertiary/aromatic N) is 2. The van der Waals surface area contributed by atoms with E-state index < -0.39 is 26.7 Å². The maximum atomic E-state index is 13.4. The van der Waals surface area contributed by atoms with Crippen molar-refractivity contribution in [1.29, 1.82) is 0 Å². The summed E-state index contributed by atoms with van der Waals surface area (Å²) < 4.78 is 38.3. The monoisotopic (exact) mass is 581 g/mol. The van der Waals surface area contributed by atoms with Crippen molar-refractivity contribution in [2.24, 2.45) is 10.2 Å². The molecule has 0 atom stereocenters. The number of carbonyl (C=O) groups excluding carboxylic acids is 1. The number of rotatable bonds is 6. The van der Waals surface area contributed by atoms with Gasteiger partial charge in [-0.1, -0.05) is 65.3 Å². The summed E-state index contributed by atoms with van der Waals surface area (Å²) in [6.07, 6.45) is 0. The molecule has 0 aromatic heterocycles. The summed E-state index contributed by atoms with van der Waals surface area (Å²) in [7, 11) is -3.24. The fourth-order valence-electron chi connectivity index (χ4n) is 3.72. The van der Waals surface area contributed by atoms with Crippen LogP contribution in [0.3, 0.4) is 0 Å². The third-order valence-corrected chi connectivity index (χ3v) is 7.26. The average molecular weight is 582 g/mol. The van der Waals surface area contributed by atoms with E-state index in [2.05, 4.69) is 15.5 Å². The van der Waals surface area contributed by atoms with Crippen LogP contribution < -0.4 is 44.7 Å². The van der Waals surface area contributed by atoms with Crippen molar-refractivity contribution >= 4 is 67.1 Å². The zero-order valence-corrected chi connectivity index (χ0v) is 24.6. The molecule has 9 nitrogen and oxygen atoms in total. The number of aryl methyl sites for hydroxylation is 1. The first kappa shape index (κ1) is 29.9. The Kier molecular flexibility index (Phi) is 9.43. The molecule has 1 amide bonds. The van der Waals surface area contributed by atoms with Crippen LogP contribution in [0.2, 0.25) is 10.0 Å². The number of anilines is 1. The van der Waals surface area contributed by atoms with Crippen molar-refractivity contribution in [2.45, 2.75) is 11.8 Å². The predicted octanol–water partition coefficient (Wildman–Crippen LogP) is 3.46. The molecule has 2 N–H and O–H groups in total. The van der Waals surface area contributed by atoms with E-state index in [4.69, 9.17) is 27.9 Å². The smallest absolute Gasteiger partial charge is 0.870 e. The average Bonchev–Trinajstić information content (AvgIpc) is 2.83. The molecule has 13 heteroatoms. The SMILES string of the molecule is COc1c(Cl)cccc1NC(=O)c1cc2ccccc2c(N=Nc2ccc(C)c(S(=O)(=O)O)c2Cl)c1[O-].[Na+]. The number of hydrogen-bond acceptors (Lipinski definition) is 7. The van der Waals surface area contributed by atoms with Crippen LogP contribution in [0.5, 0.6) is 11.5 Å². The van der Waals surface area contributed by atoms with E-state index in [1.807, 2.05) is 0 Å². The van der Waals surface area contributed by atoms with Crippen LogP contribution in [0.4, 0.5) is 17.1 Å². The molecule has 190 valence electrons. The molecule has 0 fully saturated rings. The minimum absolute atomic E-state index is 0. The second-order valence-corrected chi connectivity index (χ2v) is 9.96. The van der Waals surface area contributed by atoms with Gasteiger partial charge in [0, 0.05) is 10.9 Å². The van der Waals surface area contributed by atoms with Gasteiger partial charge in [0.25, 0.3) is 16.0 Å². The van der Waals surface area contributed by atoms with Crippen molar-refractivity contribution in [3.63, 3.8) is 0 Å². The fraction of sp³-hybridized carbons (Fsp3) is 0.0800. The van der Waals surface area contributed by atoms with Gasteiger partial charge in [0.05, 0.1) is 28.5 Å². The summed E-state index contributed by atoms with van der Waals surface area (Å²) in [5.74, 6) is -1.22. The fourth-order valence-corrected chi connectivity index (χ4v) is 5.32. The first-order valence-corrected chi connectivity index (χ1v) is 12.8. The van der Waals surface area contributed by atoms with Crippen molar-refractivity contribution in [1.82, 2.24) is 0 Å². The topological polar surface area (TPSA) is 140 Å². The number of carbonyl (C=O) groups is 1. The van der Waals surface area contributed by atoms with E-state index in [1.54, 1.807) is 42.5 Å². The molecule has 0 aliphatic rings. The molecule has 0 aliphatic heterocycles. The summed E-state index contributed by atoms with van der Waals surface area (Å²) in [5, 5.41) is 24.9. The third-order valence-electron chi connectivity index (χ3n) is 5.43. The Morgan fingerprint density at radius 1 is 1.05 bits per heavy atom. The maximum absolute atomic E-state index is 13.4. The number of para-hydroxylation sites is 1. The number of amides is 1. The zero-order chi connectivity index (χ0) is 26.9. The van der Waals surface area contributed by atoms with Gasteiger partial charge in [0.15, 0.2) is 5.75 Å². The van der Waals surface area contributed by atoms with Crippen LogP contribution in [-0.4, -0.2) is 26.0 Å². The summed E-state index contributed by atoms with van der Waals surface area (Å²) in [6, 6.07) is 15.7. The summed E-state index contributed by atoms with van der Waals surface area (Å²) >= 11 is 12.3. The van der Waals surface area contributed by atoms with Crippen molar-refractivity contribution in [2.75, 3.05) is 12.4 Å². The number of methoxy groups -OCH3 is 1. The van der Waals surface area contributed by atoms with Crippen LogP contribution in [0.1, 0.15) is 15.9 Å². The third kappa shape index (κ3) is 5.97. The van der Waals surface area contributed by atoms with Gasteiger partial charge in [0.2, 0.25) is 0 Å². The van der Waals surface area contributed by atoms with Gasteiger partial charge >= 0.3 is 29.6 Å². The normalized spacial score (nSPS) is 11.4. The molecule has 0 radical (unpaired) electrons. The molecule has 0 saturated heterocycles. The van der Waals surface area contributed by atoms with Gasteiger partial charge in [-0.15, -0.1) is 5.11 Å².